The number of nitrogens with two attached hydrogens (primary N) is 1. The van der Waals surface area contributed by atoms with Crippen LogP contribution in [-0.4, -0.2) is 17.5 Å². The fourth-order valence-electron chi connectivity index (χ4n) is 1.36. The van der Waals surface area contributed by atoms with Gasteiger partial charge in [-0.25, -0.2) is 0 Å². The van der Waals surface area contributed by atoms with Crippen LogP contribution in [0.5, 0.6) is 0 Å². The van der Waals surface area contributed by atoms with Crippen LogP contribution in [0.3, 0.4) is 0 Å². The summed E-state index contributed by atoms with van der Waals surface area (Å²) in [5.41, 5.74) is 6.27. The summed E-state index contributed by atoms with van der Waals surface area (Å²) in [7, 11) is 0. The Morgan fingerprint density at radius 3 is 2.62 bits per heavy atom. The molecule has 90 valence electrons. The highest BCUT2D eigenvalue weighted by Crippen LogP contribution is 2.26. The van der Waals surface area contributed by atoms with Crippen LogP contribution in [0, 0.1) is 0 Å². The zero-order valence-electron chi connectivity index (χ0n) is 9.29. The molecular formula is C12H18ClNOS. The Bertz CT molecular complexity index is 320. The van der Waals surface area contributed by atoms with Crippen molar-refractivity contribution in [2.45, 2.75) is 30.6 Å². The summed E-state index contributed by atoms with van der Waals surface area (Å²) in [6.07, 6.45) is 4.38. The summed E-state index contributed by atoms with van der Waals surface area (Å²) >= 11 is 7.73. The summed E-state index contributed by atoms with van der Waals surface area (Å²) < 4.78 is 0. The van der Waals surface area contributed by atoms with E-state index in [2.05, 4.69) is 0 Å². The molecule has 4 heteroatoms. The average molecular weight is 260 g/mol. The van der Waals surface area contributed by atoms with Gasteiger partial charge in [-0.15, -0.1) is 11.8 Å². The highest BCUT2D eigenvalue weighted by atomic mass is 35.5. The highest BCUT2D eigenvalue weighted by molar-refractivity contribution is 7.99. The fourth-order valence-corrected chi connectivity index (χ4v) is 2.55. The molecular weight excluding hydrogens is 242 g/mol. The lowest BCUT2D eigenvalue weighted by Gasteiger charge is -2.03. The van der Waals surface area contributed by atoms with E-state index in [1.54, 1.807) is 11.8 Å². The van der Waals surface area contributed by atoms with Gasteiger partial charge in [0.15, 0.2) is 0 Å². The molecule has 0 spiro atoms. The van der Waals surface area contributed by atoms with Crippen molar-refractivity contribution in [1.29, 1.82) is 0 Å². The van der Waals surface area contributed by atoms with E-state index in [0.717, 1.165) is 18.6 Å². The molecule has 0 saturated carbocycles. The van der Waals surface area contributed by atoms with Crippen LogP contribution in [-0.2, 0) is 0 Å². The minimum atomic E-state index is 0.306. The van der Waals surface area contributed by atoms with Crippen molar-refractivity contribution >= 4 is 29.1 Å². The van der Waals surface area contributed by atoms with Crippen LogP contribution in [0.4, 0.5) is 5.69 Å². The van der Waals surface area contributed by atoms with E-state index in [-0.39, 0.29) is 0 Å². The fraction of sp³-hybridized carbons (Fsp3) is 0.500. The van der Waals surface area contributed by atoms with E-state index in [4.69, 9.17) is 22.4 Å². The van der Waals surface area contributed by atoms with Gasteiger partial charge in [0.1, 0.15) is 0 Å². The second-order valence-corrected chi connectivity index (χ2v) is 5.25. The molecule has 0 unspecified atom stereocenters. The predicted molar refractivity (Wildman–Crippen MR) is 72.1 cm³/mol. The molecule has 0 fully saturated rings. The number of benzene rings is 1. The van der Waals surface area contributed by atoms with Crippen LogP contribution in [0.2, 0.25) is 5.02 Å². The lowest BCUT2D eigenvalue weighted by atomic mass is 10.2. The molecule has 0 aliphatic carbocycles. The monoisotopic (exact) mass is 259 g/mol. The Hall–Kier alpha value is -0.380. The van der Waals surface area contributed by atoms with Gasteiger partial charge >= 0.3 is 0 Å². The lowest BCUT2D eigenvalue weighted by Crippen LogP contribution is -1.87. The molecule has 0 aromatic heterocycles. The first-order valence-electron chi connectivity index (χ1n) is 5.52. The summed E-state index contributed by atoms with van der Waals surface area (Å²) in [5.74, 6) is 1.09. The van der Waals surface area contributed by atoms with Gasteiger partial charge in [-0.3, -0.25) is 0 Å². The van der Waals surface area contributed by atoms with Crippen molar-refractivity contribution < 1.29 is 5.11 Å². The molecule has 0 atom stereocenters. The first-order valence-corrected chi connectivity index (χ1v) is 6.89. The molecule has 1 aromatic rings. The number of unbranched alkanes of at least 4 members (excludes halogenated alkanes) is 3. The molecule has 0 radical (unpaired) electrons. The van der Waals surface area contributed by atoms with Gasteiger partial charge < -0.3 is 10.8 Å². The molecule has 0 aliphatic heterocycles. The minimum Gasteiger partial charge on any atom is -0.398 e. The van der Waals surface area contributed by atoms with Crippen LogP contribution in [0.1, 0.15) is 25.7 Å². The van der Waals surface area contributed by atoms with E-state index >= 15 is 0 Å². The predicted octanol–water partition coefficient (Wildman–Crippen LogP) is 3.57. The van der Waals surface area contributed by atoms with Gasteiger partial charge in [-0.1, -0.05) is 24.4 Å². The van der Waals surface area contributed by atoms with E-state index in [1.165, 1.54) is 17.7 Å². The molecule has 0 saturated heterocycles. The van der Waals surface area contributed by atoms with Crippen LogP contribution in [0.15, 0.2) is 23.1 Å². The average Bonchev–Trinajstić information content (AvgIpc) is 2.28. The van der Waals surface area contributed by atoms with Crippen molar-refractivity contribution in [1.82, 2.24) is 0 Å². The van der Waals surface area contributed by atoms with Gasteiger partial charge in [0.2, 0.25) is 0 Å². The van der Waals surface area contributed by atoms with Crippen molar-refractivity contribution in [3.05, 3.63) is 23.2 Å². The third-order valence-corrected chi connectivity index (χ3v) is 3.70. The molecule has 0 heterocycles. The number of aliphatic hydroxyl groups is 1. The number of rotatable bonds is 7. The van der Waals surface area contributed by atoms with Crippen molar-refractivity contribution in [2.24, 2.45) is 0 Å². The second-order valence-electron chi connectivity index (χ2n) is 3.67. The molecule has 0 bridgehead atoms. The standard InChI is InChI=1S/C12H18ClNOS/c13-11-9-10(5-6-12(11)14)16-8-4-2-1-3-7-15/h5-6,9,15H,1-4,7-8,14H2. The third kappa shape index (κ3) is 5.10. The minimum absolute atomic E-state index is 0.306. The van der Waals surface area contributed by atoms with Crippen LogP contribution < -0.4 is 5.73 Å². The van der Waals surface area contributed by atoms with Crippen molar-refractivity contribution in [2.75, 3.05) is 18.1 Å². The summed E-state index contributed by atoms with van der Waals surface area (Å²) in [6, 6.07) is 5.76. The van der Waals surface area contributed by atoms with Gasteiger partial charge in [0, 0.05) is 11.5 Å². The summed E-state index contributed by atoms with van der Waals surface area (Å²) in [6.45, 7) is 0.306. The Kier molecular flexibility index (Phi) is 6.69. The largest absolute Gasteiger partial charge is 0.398 e. The maximum atomic E-state index is 8.63. The topological polar surface area (TPSA) is 46.2 Å². The Labute approximate surface area is 106 Å². The molecule has 2 nitrogen and oxygen atoms in total. The molecule has 1 aromatic carbocycles. The van der Waals surface area contributed by atoms with Gasteiger partial charge in [0.25, 0.3) is 0 Å². The number of aliphatic hydroxyl groups excluding tert-OH is 1. The molecule has 0 aliphatic rings. The number of thioether (sulfide) groups is 1. The Balaban J connectivity index is 2.19. The molecule has 3 N–H and O–H groups in total. The van der Waals surface area contributed by atoms with Gasteiger partial charge in [0.05, 0.1) is 10.7 Å². The van der Waals surface area contributed by atoms with Gasteiger partial charge in [-0.2, -0.15) is 0 Å². The van der Waals surface area contributed by atoms with E-state index in [1.807, 2.05) is 18.2 Å². The normalized spacial score (nSPS) is 10.6. The Morgan fingerprint density at radius 2 is 1.94 bits per heavy atom. The highest BCUT2D eigenvalue weighted by Gasteiger charge is 1.99. The number of hydrogen-bond acceptors (Lipinski definition) is 3. The zero-order chi connectivity index (χ0) is 11.8. The van der Waals surface area contributed by atoms with Crippen LogP contribution >= 0.6 is 23.4 Å². The number of nitrogen functional groups attached to an aromatic ring is 1. The maximum absolute atomic E-state index is 8.63. The maximum Gasteiger partial charge on any atom is 0.0646 e. The smallest absolute Gasteiger partial charge is 0.0646 e. The first kappa shape index (κ1) is 13.7. The molecule has 0 amide bonds. The zero-order valence-corrected chi connectivity index (χ0v) is 10.9. The van der Waals surface area contributed by atoms with Crippen molar-refractivity contribution in [3.8, 4) is 0 Å². The summed E-state index contributed by atoms with van der Waals surface area (Å²) in [5, 5.41) is 9.26. The first-order chi connectivity index (χ1) is 7.74. The van der Waals surface area contributed by atoms with E-state index in [0.29, 0.717) is 17.3 Å². The summed E-state index contributed by atoms with van der Waals surface area (Å²) in [4.78, 5) is 1.17. The SMILES string of the molecule is Nc1ccc(SCCCCCCO)cc1Cl. The number of anilines is 1. The number of halogens is 1. The third-order valence-electron chi connectivity index (χ3n) is 2.29. The van der Waals surface area contributed by atoms with Gasteiger partial charge in [-0.05, 0) is 36.8 Å². The molecule has 1 rings (SSSR count). The number of hydrogen-bond donors (Lipinski definition) is 2. The molecule has 16 heavy (non-hydrogen) atoms. The van der Waals surface area contributed by atoms with Crippen LogP contribution in [0.25, 0.3) is 0 Å². The second kappa shape index (κ2) is 7.82. The Morgan fingerprint density at radius 1 is 1.19 bits per heavy atom. The lowest BCUT2D eigenvalue weighted by molar-refractivity contribution is 0.283. The van der Waals surface area contributed by atoms with E-state index < -0.39 is 0 Å². The van der Waals surface area contributed by atoms with Crippen molar-refractivity contribution in [3.63, 3.8) is 0 Å². The quantitative estimate of drug-likeness (QED) is 0.447. The van der Waals surface area contributed by atoms with E-state index in [9.17, 15) is 0 Å².